The normalized spacial score (nSPS) is 11.6. The molecule has 2 N–H and O–H groups in total. The molecule has 0 fully saturated rings. The molecule has 0 saturated carbocycles. The molecule has 34 heavy (non-hydrogen) atoms. The highest BCUT2D eigenvalue weighted by molar-refractivity contribution is 6.35. The Hall–Kier alpha value is -3.99. The number of nitrogens with zero attached hydrogens (tertiary/aromatic N) is 2. The first-order valence-electron chi connectivity index (χ1n) is 10.1. The summed E-state index contributed by atoms with van der Waals surface area (Å²) in [6.07, 6.45) is 0. The van der Waals surface area contributed by atoms with Gasteiger partial charge in [-0.25, -0.2) is 9.78 Å². The predicted molar refractivity (Wildman–Crippen MR) is 129 cm³/mol. The van der Waals surface area contributed by atoms with Gasteiger partial charge in [-0.3, -0.25) is 0 Å². The monoisotopic (exact) mass is 493 g/mol. The number of para-hydroxylation sites is 3. The second-order valence-electron chi connectivity index (χ2n) is 7.13. The summed E-state index contributed by atoms with van der Waals surface area (Å²) in [5.74, 6) is -0.701. The van der Waals surface area contributed by atoms with Gasteiger partial charge in [-0.05, 0) is 36.4 Å². The number of carbonyl (C=O) groups is 1. The molecular formula is C25H17Cl2N3O4. The molecule has 0 amide bonds. The average Bonchev–Trinajstić information content (AvgIpc) is 3.26. The van der Waals surface area contributed by atoms with E-state index >= 15 is 0 Å². The van der Waals surface area contributed by atoms with Crippen LogP contribution in [-0.4, -0.2) is 27.7 Å². The van der Waals surface area contributed by atoms with Gasteiger partial charge in [-0.15, -0.1) is 0 Å². The van der Waals surface area contributed by atoms with E-state index in [0.29, 0.717) is 26.6 Å². The quantitative estimate of drug-likeness (QED) is 0.183. The zero-order chi connectivity index (χ0) is 24.1. The molecule has 1 aromatic heterocycles. The minimum atomic E-state index is -0.730. The van der Waals surface area contributed by atoms with Crippen LogP contribution in [0.2, 0.25) is 10.0 Å². The summed E-state index contributed by atoms with van der Waals surface area (Å²) in [4.78, 5) is 20.0. The van der Waals surface area contributed by atoms with Crippen LogP contribution in [0.3, 0.4) is 0 Å². The van der Waals surface area contributed by atoms with Crippen molar-refractivity contribution < 1.29 is 19.4 Å². The Bertz CT molecular complexity index is 1410. The van der Waals surface area contributed by atoms with Gasteiger partial charge in [0.2, 0.25) is 0 Å². The van der Waals surface area contributed by atoms with E-state index in [1.807, 2.05) is 18.2 Å². The van der Waals surface area contributed by atoms with E-state index in [9.17, 15) is 15.2 Å². The zero-order valence-corrected chi connectivity index (χ0v) is 19.1. The lowest BCUT2D eigenvalue weighted by Gasteiger charge is -2.12. The van der Waals surface area contributed by atoms with Gasteiger partial charge in [-0.2, -0.15) is 5.26 Å². The number of allylic oxidation sites excluding steroid dienone is 1. The summed E-state index contributed by atoms with van der Waals surface area (Å²) < 4.78 is 11.0. The molecule has 3 aromatic carbocycles. The Morgan fingerprint density at radius 3 is 2.62 bits per heavy atom. The summed E-state index contributed by atoms with van der Waals surface area (Å²) in [5, 5.41) is 20.9. The van der Waals surface area contributed by atoms with Gasteiger partial charge in [-0.1, -0.05) is 53.5 Å². The van der Waals surface area contributed by atoms with Gasteiger partial charge in [0.15, 0.2) is 11.6 Å². The summed E-state index contributed by atoms with van der Waals surface area (Å²) in [5.41, 5.74) is 2.08. The highest BCUT2D eigenvalue weighted by atomic mass is 35.5. The second-order valence-corrected chi connectivity index (χ2v) is 7.98. The molecule has 0 saturated heterocycles. The number of carbonyl (C=O) groups excluding carboxylic acids is 1. The number of aliphatic hydroxyl groups excluding tert-OH is 1. The standard InChI is InChI=1S/C25H17Cl2N3O4/c26-16-10-9-15(19(27)11-16)13-33-23-8-4-1-5-17(23)25(32)34-14-22(31)18(12-28)24-29-20-6-2-3-7-21(20)30-24/h1-11,31H,13-14H2,(H,29,30). The van der Waals surface area contributed by atoms with Crippen LogP contribution in [0.25, 0.3) is 16.6 Å². The van der Waals surface area contributed by atoms with Crippen LogP contribution in [0.5, 0.6) is 5.75 Å². The lowest BCUT2D eigenvalue weighted by atomic mass is 10.2. The Morgan fingerprint density at radius 1 is 1.09 bits per heavy atom. The number of hydrogen-bond acceptors (Lipinski definition) is 6. The molecule has 0 unspecified atom stereocenters. The van der Waals surface area contributed by atoms with Crippen molar-refractivity contribution >= 4 is 45.8 Å². The zero-order valence-electron chi connectivity index (χ0n) is 17.6. The van der Waals surface area contributed by atoms with Crippen molar-refractivity contribution in [1.29, 1.82) is 5.26 Å². The molecule has 0 aliphatic rings. The number of ether oxygens (including phenoxy) is 2. The smallest absolute Gasteiger partial charge is 0.342 e. The average molecular weight is 494 g/mol. The number of nitriles is 1. The molecule has 0 aliphatic carbocycles. The number of rotatable bonds is 7. The molecule has 0 aliphatic heterocycles. The fourth-order valence-electron chi connectivity index (χ4n) is 3.16. The number of esters is 1. The van der Waals surface area contributed by atoms with Gasteiger partial charge in [0.1, 0.15) is 36.2 Å². The molecule has 9 heteroatoms. The second kappa shape index (κ2) is 10.3. The third kappa shape index (κ3) is 5.15. The van der Waals surface area contributed by atoms with E-state index in [2.05, 4.69) is 9.97 Å². The maximum atomic E-state index is 12.7. The molecule has 0 radical (unpaired) electrons. The molecule has 0 atom stereocenters. The number of benzene rings is 3. The minimum absolute atomic E-state index is 0.107. The molecule has 0 spiro atoms. The Morgan fingerprint density at radius 2 is 1.85 bits per heavy atom. The predicted octanol–water partition coefficient (Wildman–Crippen LogP) is 6.10. The van der Waals surface area contributed by atoms with Crippen LogP contribution in [0.15, 0.2) is 72.5 Å². The van der Waals surface area contributed by atoms with Crippen LogP contribution in [0.1, 0.15) is 21.7 Å². The molecule has 4 aromatic rings. The molecule has 7 nitrogen and oxygen atoms in total. The number of hydrogen-bond donors (Lipinski definition) is 2. The topological polar surface area (TPSA) is 108 Å². The van der Waals surface area contributed by atoms with Crippen LogP contribution in [-0.2, 0) is 11.3 Å². The van der Waals surface area contributed by atoms with Crippen molar-refractivity contribution in [3.8, 4) is 11.8 Å². The minimum Gasteiger partial charge on any atom is -0.507 e. The molecule has 4 rings (SSSR count). The summed E-state index contributed by atoms with van der Waals surface area (Å²) in [7, 11) is 0. The summed E-state index contributed by atoms with van der Waals surface area (Å²) in [6.45, 7) is -0.411. The lowest BCUT2D eigenvalue weighted by Crippen LogP contribution is -2.11. The van der Waals surface area contributed by atoms with Crippen molar-refractivity contribution in [3.05, 3.63) is 99.5 Å². The third-order valence-corrected chi connectivity index (χ3v) is 5.46. The van der Waals surface area contributed by atoms with E-state index < -0.39 is 18.3 Å². The first-order chi connectivity index (χ1) is 16.5. The van der Waals surface area contributed by atoms with Crippen molar-refractivity contribution in [2.75, 3.05) is 6.61 Å². The van der Waals surface area contributed by atoms with E-state index in [0.717, 1.165) is 0 Å². The Kier molecular flexibility index (Phi) is 7.02. The Balaban J connectivity index is 1.47. The largest absolute Gasteiger partial charge is 0.507 e. The van der Waals surface area contributed by atoms with E-state index in [4.69, 9.17) is 32.7 Å². The van der Waals surface area contributed by atoms with Gasteiger partial charge < -0.3 is 19.6 Å². The van der Waals surface area contributed by atoms with Crippen LogP contribution in [0, 0.1) is 11.3 Å². The lowest BCUT2D eigenvalue weighted by molar-refractivity contribution is 0.0497. The van der Waals surface area contributed by atoms with Gasteiger partial charge in [0, 0.05) is 15.6 Å². The maximum Gasteiger partial charge on any atom is 0.342 e. The highest BCUT2D eigenvalue weighted by Gasteiger charge is 2.18. The van der Waals surface area contributed by atoms with Crippen LogP contribution in [0.4, 0.5) is 0 Å². The SMILES string of the molecule is N#CC(=C(O)COC(=O)c1ccccc1OCc1ccc(Cl)cc1Cl)c1nc2ccccc2[nH]1. The summed E-state index contributed by atoms with van der Waals surface area (Å²) in [6, 6.07) is 20.6. The first-order valence-corrected chi connectivity index (χ1v) is 10.8. The van der Waals surface area contributed by atoms with Gasteiger partial charge in [0.25, 0.3) is 0 Å². The summed E-state index contributed by atoms with van der Waals surface area (Å²) >= 11 is 12.1. The number of aliphatic hydroxyl groups is 1. The van der Waals surface area contributed by atoms with Crippen molar-refractivity contribution in [1.82, 2.24) is 9.97 Å². The number of nitrogens with one attached hydrogen (secondary N) is 1. The van der Waals surface area contributed by atoms with E-state index in [-0.39, 0.29) is 29.3 Å². The van der Waals surface area contributed by atoms with Crippen LogP contribution < -0.4 is 4.74 Å². The van der Waals surface area contributed by atoms with Crippen molar-refractivity contribution in [2.45, 2.75) is 6.61 Å². The molecule has 0 bridgehead atoms. The molecule has 1 heterocycles. The van der Waals surface area contributed by atoms with Gasteiger partial charge >= 0.3 is 5.97 Å². The number of fused-ring (bicyclic) bond motifs is 1. The molecule has 170 valence electrons. The number of H-pyrrole nitrogens is 1. The van der Waals surface area contributed by atoms with Gasteiger partial charge in [0.05, 0.1) is 11.0 Å². The van der Waals surface area contributed by atoms with E-state index in [1.165, 1.54) is 6.07 Å². The fraction of sp³-hybridized carbons (Fsp3) is 0.0800. The highest BCUT2D eigenvalue weighted by Crippen LogP contribution is 2.25. The third-order valence-electron chi connectivity index (χ3n) is 4.87. The van der Waals surface area contributed by atoms with Crippen molar-refractivity contribution in [3.63, 3.8) is 0 Å². The molecular weight excluding hydrogens is 477 g/mol. The fourth-order valence-corrected chi connectivity index (χ4v) is 3.63. The van der Waals surface area contributed by atoms with Crippen LogP contribution >= 0.6 is 23.2 Å². The Labute approximate surface area is 204 Å². The number of aromatic nitrogens is 2. The number of halogens is 2. The maximum absolute atomic E-state index is 12.7. The number of aromatic amines is 1. The van der Waals surface area contributed by atoms with E-state index in [1.54, 1.807) is 48.5 Å². The first kappa shape index (κ1) is 23.2. The number of imidazole rings is 1. The van der Waals surface area contributed by atoms with Crippen molar-refractivity contribution in [2.24, 2.45) is 0 Å².